The number of benzene rings is 1. The molecule has 3 rings (SSSR count). The summed E-state index contributed by atoms with van der Waals surface area (Å²) in [5.74, 6) is 1.64. The summed E-state index contributed by atoms with van der Waals surface area (Å²) in [4.78, 5) is 4.18. The third kappa shape index (κ3) is 2.45. The van der Waals surface area contributed by atoms with E-state index in [0.29, 0.717) is 6.04 Å². The number of rotatable bonds is 2. The van der Waals surface area contributed by atoms with Crippen molar-refractivity contribution in [3.63, 3.8) is 0 Å². The molecule has 1 aromatic carbocycles. The Bertz CT molecular complexity index is 608. The van der Waals surface area contributed by atoms with Gasteiger partial charge in [-0.3, -0.25) is 4.98 Å². The van der Waals surface area contributed by atoms with Crippen LogP contribution in [0.1, 0.15) is 33.1 Å². The molecular formula is C17H23N3. The van der Waals surface area contributed by atoms with Gasteiger partial charge in [0.1, 0.15) is 0 Å². The maximum Gasteiger partial charge on any atom is 0.0424 e. The molecule has 1 saturated carbocycles. The fraction of sp³-hybridized carbons (Fsp3) is 0.471. The van der Waals surface area contributed by atoms with Crippen LogP contribution in [0.4, 0.5) is 11.4 Å². The second-order valence-corrected chi connectivity index (χ2v) is 6.23. The normalized spacial score (nSPS) is 26.6. The first-order valence-corrected chi connectivity index (χ1v) is 7.54. The van der Waals surface area contributed by atoms with E-state index < -0.39 is 0 Å². The standard InChI is InChI=1S/C17H23N3/c1-11-3-4-13(9-12(11)2)20-17-6-5-16(18)15-10-19-8-7-14(15)17/h5-8,10-13,20H,3-4,9,18H2,1-2H3. The molecule has 0 saturated heterocycles. The lowest BCUT2D eigenvalue weighted by Gasteiger charge is -2.33. The SMILES string of the molecule is CC1CCC(Nc2ccc(N)c3cnccc23)CC1C. The van der Waals surface area contributed by atoms with Crippen molar-refractivity contribution >= 4 is 22.1 Å². The molecule has 1 aromatic heterocycles. The smallest absolute Gasteiger partial charge is 0.0424 e. The minimum atomic E-state index is 0.571. The van der Waals surface area contributed by atoms with Gasteiger partial charge in [-0.05, 0) is 49.3 Å². The van der Waals surface area contributed by atoms with Crippen molar-refractivity contribution < 1.29 is 0 Å². The van der Waals surface area contributed by atoms with Crippen molar-refractivity contribution in [2.75, 3.05) is 11.1 Å². The van der Waals surface area contributed by atoms with Gasteiger partial charge >= 0.3 is 0 Å². The van der Waals surface area contributed by atoms with E-state index in [-0.39, 0.29) is 0 Å². The Labute approximate surface area is 120 Å². The summed E-state index contributed by atoms with van der Waals surface area (Å²) in [6, 6.07) is 6.69. The van der Waals surface area contributed by atoms with Gasteiger partial charge in [-0.25, -0.2) is 0 Å². The Morgan fingerprint density at radius 3 is 2.75 bits per heavy atom. The van der Waals surface area contributed by atoms with E-state index >= 15 is 0 Å². The van der Waals surface area contributed by atoms with Gasteiger partial charge in [-0.1, -0.05) is 13.8 Å². The van der Waals surface area contributed by atoms with Gasteiger partial charge in [0.25, 0.3) is 0 Å². The first-order valence-electron chi connectivity index (χ1n) is 7.54. The summed E-state index contributed by atoms with van der Waals surface area (Å²) in [5.41, 5.74) is 8.01. The minimum Gasteiger partial charge on any atom is -0.398 e. The monoisotopic (exact) mass is 269 g/mol. The van der Waals surface area contributed by atoms with Gasteiger partial charge < -0.3 is 11.1 Å². The Hall–Kier alpha value is -1.77. The third-order valence-corrected chi connectivity index (χ3v) is 4.81. The van der Waals surface area contributed by atoms with Crippen molar-refractivity contribution in [1.29, 1.82) is 0 Å². The van der Waals surface area contributed by atoms with Gasteiger partial charge in [0.05, 0.1) is 0 Å². The molecule has 3 atom stereocenters. The number of pyridine rings is 1. The first-order chi connectivity index (χ1) is 9.65. The topological polar surface area (TPSA) is 50.9 Å². The van der Waals surface area contributed by atoms with Crippen molar-refractivity contribution in [2.45, 2.75) is 39.2 Å². The van der Waals surface area contributed by atoms with Crippen LogP contribution in [0.5, 0.6) is 0 Å². The minimum absolute atomic E-state index is 0.571. The number of nitrogens with two attached hydrogens (primary N) is 1. The molecule has 3 nitrogen and oxygen atoms in total. The van der Waals surface area contributed by atoms with Gasteiger partial charge in [0, 0.05) is 40.6 Å². The number of anilines is 2. The van der Waals surface area contributed by atoms with Crippen molar-refractivity contribution in [1.82, 2.24) is 4.98 Å². The molecule has 1 aliphatic rings. The zero-order chi connectivity index (χ0) is 14.1. The molecule has 0 spiro atoms. The Kier molecular flexibility index (Phi) is 3.51. The predicted molar refractivity (Wildman–Crippen MR) is 85.7 cm³/mol. The molecule has 0 aliphatic heterocycles. The highest BCUT2D eigenvalue weighted by atomic mass is 14.9. The van der Waals surface area contributed by atoms with Crippen molar-refractivity contribution in [3.8, 4) is 0 Å². The fourth-order valence-corrected chi connectivity index (χ4v) is 3.24. The van der Waals surface area contributed by atoms with Gasteiger partial charge in [0.2, 0.25) is 0 Å². The highest BCUT2D eigenvalue weighted by Crippen LogP contribution is 2.33. The quantitative estimate of drug-likeness (QED) is 0.808. The van der Waals surface area contributed by atoms with Crippen molar-refractivity contribution in [3.05, 3.63) is 30.6 Å². The molecule has 1 heterocycles. The van der Waals surface area contributed by atoms with Crippen LogP contribution in [-0.4, -0.2) is 11.0 Å². The summed E-state index contributed by atoms with van der Waals surface area (Å²) in [5, 5.41) is 5.93. The van der Waals surface area contributed by atoms with Crippen LogP contribution in [0.2, 0.25) is 0 Å². The van der Waals surface area contributed by atoms with Crippen LogP contribution in [0.15, 0.2) is 30.6 Å². The van der Waals surface area contributed by atoms with Gasteiger partial charge in [-0.2, -0.15) is 0 Å². The molecule has 0 bridgehead atoms. The van der Waals surface area contributed by atoms with Gasteiger partial charge in [-0.15, -0.1) is 0 Å². The number of nitrogen functional groups attached to an aromatic ring is 1. The maximum absolute atomic E-state index is 6.03. The second kappa shape index (κ2) is 5.31. The Balaban J connectivity index is 1.86. The van der Waals surface area contributed by atoms with Crippen LogP contribution in [0, 0.1) is 11.8 Å². The molecule has 3 unspecified atom stereocenters. The second-order valence-electron chi connectivity index (χ2n) is 6.23. The highest BCUT2D eigenvalue weighted by molar-refractivity contribution is 6.00. The van der Waals surface area contributed by atoms with E-state index in [4.69, 9.17) is 5.73 Å². The number of nitrogens with one attached hydrogen (secondary N) is 1. The molecule has 2 aromatic rings. The van der Waals surface area contributed by atoms with Crippen LogP contribution in [-0.2, 0) is 0 Å². The molecule has 20 heavy (non-hydrogen) atoms. The van der Waals surface area contributed by atoms with E-state index in [1.54, 1.807) is 0 Å². The van der Waals surface area contributed by atoms with Crippen molar-refractivity contribution in [2.24, 2.45) is 11.8 Å². The summed E-state index contributed by atoms with van der Waals surface area (Å²) in [6.07, 6.45) is 7.49. The molecule has 3 N–H and O–H groups in total. The largest absolute Gasteiger partial charge is 0.398 e. The highest BCUT2D eigenvalue weighted by Gasteiger charge is 2.24. The molecule has 106 valence electrons. The number of hydrogen-bond acceptors (Lipinski definition) is 3. The summed E-state index contributed by atoms with van der Waals surface area (Å²) < 4.78 is 0. The van der Waals surface area contributed by atoms with Crippen LogP contribution in [0.25, 0.3) is 10.8 Å². The molecule has 3 heteroatoms. The summed E-state index contributed by atoms with van der Waals surface area (Å²) >= 11 is 0. The lowest BCUT2D eigenvalue weighted by molar-refractivity contribution is 0.261. The first kappa shape index (κ1) is 13.2. The maximum atomic E-state index is 6.03. The number of fused-ring (bicyclic) bond motifs is 1. The average molecular weight is 269 g/mol. The fourth-order valence-electron chi connectivity index (χ4n) is 3.24. The molecular weight excluding hydrogens is 246 g/mol. The number of nitrogens with zero attached hydrogens (tertiary/aromatic N) is 1. The van der Waals surface area contributed by atoms with E-state index in [0.717, 1.165) is 22.9 Å². The van der Waals surface area contributed by atoms with E-state index in [9.17, 15) is 0 Å². The zero-order valence-corrected chi connectivity index (χ0v) is 12.3. The number of aromatic nitrogens is 1. The van der Waals surface area contributed by atoms with E-state index in [1.165, 1.54) is 30.3 Å². The average Bonchev–Trinajstić information content (AvgIpc) is 2.46. The molecule has 1 aliphatic carbocycles. The van der Waals surface area contributed by atoms with Crippen LogP contribution < -0.4 is 11.1 Å². The Morgan fingerprint density at radius 2 is 1.95 bits per heavy atom. The summed E-state index contributed by atoms with van der Waals surface area (Å²) in [7, 11) is 0. The van der Waals surface area contributed by atoms with Crippen LogP contribution >= 0.6 is 0 Å². The lowest BCUT2D eigenvalue weighted by atomic mass is 9.79. The molecule has 1 fully saturated rings. The number of hydrogen-bond donors (Lipinski definition) is 2. The Morgan fingerprint density at radius 1 is 1.10 bits per heavy atom. The van der Waals surface area contributed by atoms with Crippen LogP contribution in [0.3, 0.4) is 0 Å². The van der Waals surface area contributed by atoms with E-state index in [2.05, 4.69) is 30.2 Å². The summed E-state index contributed by atoms with van der Waals surface area (Å²) in [6.45, 7) is 4.73. The van der Waals surface area contributed by atoms with Gasteiger partial charge in [0.15, 0.2) is 0 Å². The molecule has 0 radical (unpaired) electrons. The zero-order valence-electron chi connectivity index (χ0n) is 12.3. The third-order valence-electron chi connectivity index (χ3n) is 4.81. The predicted octanol–water partition coefficient (Wildman–Crippen LogP) is 4.05. The molecule has 0 amide bonds. The van der Waals surface area contributed by atoms with E-state index in [1.807, 2.05) is 24.5 Å². The lowest BCUT2D eigenvalue weighted by Crippen LogP contribution is -2.30.